The minimum atomic E-state index is -0.571. The van der Waals surface area contributed by atoms with Gasteiger partial charge in [0.2, 0.25) is 0 Å². The number of nitrogens with one attached hydrogen (secondary N) is 1. The molecule has 112 valence electrons. The molecule has 0 heterocycles. The molecule has 0 aliphatic rings. The quantitative estimate of drug-likeness (QED) is 0.888. The van der Waals surface area contributed by atoms with Gasteiger partial charge < -0.3 is 9.84 Å². The van der Waals surface area contributed by atoms with Crippen LogP contribution in [0.3, 0.4) is 0 Å². The van der Waals surface area contributed by atoms with E-state index in [0.29, 0.717) is 10.7 Å². The van der Waals surface area contributed by atoms with Crippen molar-refractivity contribution >= 4 is 23.4 Å². The van der Waals surface area contributed by atoms with E-state index in [2.05, 4.69) is 5.32 Å². The highest BCUT2D eigenvalue weighted by molar-refractivity contribution is 6.33. The number of carbonyl (C=O) groups excluding carboxylic acids is 1. The van der Waals surface area contributed by atoms with Crippen molar-refractivity contribution in [3.05, 3.63) is 28.8 Å². The fraction of sp³-hybridized carbons (Fsp3) is 0.533. The lowest BCUT2D eigenvalue weighted by Gasteiger charge is -2.24. The SMILES string of the molecule is CC(C)(C)OC(=O)Nc1cc(C(C)(C)CO)ccc1Cl. The fourth-order valence-electron chi connectivity index (χ4n) is 1.55. The number of ether oxygens (including phenoxy) is 1. The van der Waals surface area contributed by atoms with E-state index < -0.39 is 17.1 Å². The number of benzene rings is 1. The molecular weight excluding hydrogens is 278 g/mol. The zero-order chi connectivity index (χ0) is 15.6. The molecule has 0 aliphatic heterocycles. The molecule has 1 aromatic rings. The van der Waals surface area contributed by atoms with Crippen molar-refractivity contribution in [2.45, 2.75) is 45.6 Å². The Morgan fingerprint density at radius 3 is 2.40 bits per heavy atom. The van der Waals surface area contributed by atoms with Crippen LogP contribution in [0.2, 0.25) is 5.02 Å². The number of carbonyl (C=O) groups is 1. The predicted octanol–water partition coefficient (Wildman–Crippen LogP) is 3.96. The summed E-state index contributed by atoms with van der Waals surface area (Å²) in [6, 6.07) is 5.28. The van der Waals surface area contributed by atoms with Crippen molar-refractivity contribution in [3.8, 4) is 0 Å². The second kappa shape index (κ2) is 6.02. The van der Waals surface area contributed by atoms with Crippen LogP contribution >= 0.6 is 11.6 Å². The molecule has 2 N–H and O–H groups in total. The number of aliphatic hydroxyl groups is 1. The minimum Gasteiger partial charge on any atom is -0.444 e. The normalized spacial score (nSPS) is 12.2. The van der Waals surface area contributed by atoms with Gasteiger partial charge in [-0.25, -0.2) is 4.79 Å². The Labute approximate surface area is 125 Å². The van der Waals surface area contributed by atoms with Crippen LogP contribution in [0.5, 0.6) is 0 Å². The largest absolute Gasteiger partial charge is 0.444 e. The van der Waals surface area contributed by atoms with E-state index in [1.165, 1.54) is 0 Å². The molecule has 0 fully saturated rings. The summed E-state index contributed by atoms with van der Waals surface area (Å²) in [6.07, 6.45) is -0.557. The van der Waals surface area contributed by atoms with Crippen molar-refractivity contribution in [3.63, 3.8) is 0 Å². The van der Waals surface area contributed by atoms with Gasteiger partial charge >= 0.3 is 6.09 Å². The third kappa shape index (κ3) is 4.69. The summed E-state index contributed by atoms with van der Waals surface area (Å²) in [5.74, 6) is 0. The van der Waals surface area contributed by atoms with Gasteiger partial charge in [0, 0.05) is 5.41 Å². The molecule has 1 rings (SSSR count). The Bertz CT molecular complexity index is 492. The summed E-state index contributed by atoms with van der Waals surface area (Å²) in [5.41, 5.74) is 0.378. The Kier molecular flexibility index (Phi) is 5.05. The number of anilines is 1. The molecule has 5 heteroatoms. The second-order valence-electron chi connectivity index (χ2n) is 6.36. The lowest BCUT2D eigenvalue weighted by Crippen LogP contribution is -2.27. The molecule has 0 spiro atoms. The lowest BCUT2D eigenvalue weighted by atomic mass is 9.85. The molecule has 0 atom stereocenters. The van der Waals surface area contributed by atoms with Crippen molar-refractivity contribution in [1.29, 1.82) is 0 Å². The first kappa shape index (κ1) is 16.8. The van der Waals surface area contributed by atoms with Crippen molar-refractivity contribution in [2.24, 2.45) is 0 Å². The van der Waals surface area contributed by atoms with Crippen LogP contribution in [0.15, 0.2) is 18.2 Å². The van der Waals surface area contributed by atoms with Gasteiger partial charge in [-0.05, 0) is 38.5 Å². The van der Waals surface area contributed by atoms with E-state index in [0.717, 1.165) is 5.56 Å². The van der Waals surface area contributed by atoms with E-state index in [9.17, 15) is 9.90 Å². The van der Waals surface area contributed by atoms with E-state index in [1.54, 1.807) is 32.9 Å². The number of rotatable bonds is 3. The maximum atomic E-state index is 11.8. The summed E-state index contributed by atoms with van der Waals surface area (Å²) < 4.78 is 5.19. The number of hydrogen-bond acceptors (Lipinski definition) is 3. The number of aliphatic hydroxyl groups excluding tert-OH is 1. The number of hydrogen-bond donors (Lipinski definition) is 2. The molecule has 0 unspecified atom stereocenters. The van der Waals surface area contributed by atoms with Crippen LogP contribution in [0, 0.1) is 0 Å². The van der Waals surface area contributed by atoms with Gasteiger partial charge in [-0.15, -0.1) is 0 Å². The summed E-state index contributed by atoms with van der Waals surface area (Å²) in [6.45, 7) is 9.19. The molecule has 0 saturated heterocycles. The summed E-state index contributed by atoms with van der Waals surface area (Å²) in [5, 5.41) is 12.5. The average molecular weight is 300 g/mol. The Morgan fingerprint density at radius 1 is 1.30 bits per heavy atom. The van der Waals surface area contributed by atoms with Gasteiger partial charge in [0.1, 0.15) is 5.60 Å². The molecule has 1 amide bonds. The van der Waals surface area contributed by atoms with E-state index in [1.807, 2.05) is 19.9 Å². The van der Waals surface area contributed by atoms with E-state index in [-0.39, 0.29) is 6.61 Å². The van der Waals surface area contributed by atoms with Crippen molar-refractivity contribution < 1.29 is 14.6 Å². The molecule has 20 heavy (non-hydrogen) atoms. The van der Waals surface area contributed by atoms with E-state index in [4.69, 9.17) is 16.3 Å². The van der Waals surface area contributed by atoms with Gasteiger partial charge in [-0.1, -0.05) is 31.5 Å². The maximum Gasteiger partial charge on any atom is 0.412 e. The van der Waals surface area contributed by atoms with Crippen LogP contribution in [-0.2, 0) is 10.2 Å². The molecule has 4 nitrogen and oxygen atoms in total. The fourth-order valence-corrected chi connectivity index (χ4v) is 1.71. The average Bonchev–Trinajstić information content (AvgIpc) is 2.29. The smallest absolute Gasteiger partial charge is 0.412 e. The molecule has 0 aromatic heterocycles. The summed E-state index contributed by atoms with van der Waals surface area (Å²) in [7, 11) is 0. The van der Waals surface area contributed by atoms with E-state index >= 15 is 0 Å². The van der Waals surface area contributed by atoms with Crippen LogP contribution in [0.1, 0.15) is 40.2 Å². The Morgan fingerprint density at radius 2 is 1.90 bits per heavy atom. The van der Waals surface area contributed by atoms with Crippen LogP contribution in [-0.4, -0.2) is 23.4 Å². The zero-order valence-electron chi connectivity index (χ0n) is 12.6. The molecule has 0 bridgehead atoms. The van der Waals surface area contributed by atoms with Gasteiger partial charge in [0.25, 0.3) is 0 Å². The van der Waals surface area contributed by atoms with Crippen molar-refractivity contribution in [2.75, 3.05) is 11.9 Å². The lowest BCUT2D eigenvalue weighted by molar-refractivity contribution is 0.0636. The topological polar surface area (TPSA) is 58.6 Å². The van der Waals surface area contributed by atoms with Crippen LogP contribution < -0.4 is 5.32 Å². The van der Waals surface area contributed by atoms with Gasteiger partial charge in [-0.3, -0.25) is 5.32 Å². The highest BCUT2D eigenvalue weighted by Gasteiger charge is 2.22. The van der Waals surface area contributed by atoms with Gasteiger partial charge in [0.05, 0.1) is 17.3 Å². The Balaban J connectivity index is 2.96. The first-order chi connectivity index (χ1) is 9.05. The standard InChI is InChI=1S/C15H22ClNO3/c1-14(2,3)20-13(19)17-12-8-10(6-7-11(12)16)15(4,5)9-18/h6-8,18H,9H2,1-5H3,(H,17,19). The molecular formula is C15H22ClNO3. The summed E-state index contributed by atoms with van der Waals surface area (Å²) >= 11 is 6.07. The second-order valence-corrected chi connectivity index (χ2v) is 6.77. The molecule has 1 aromatic carbocycles. The van der Waals surface area contributed by atoms with Gasteiger partial charge in [-0.2, -0.15) is 0 Å². The Hall–Kier alpha value is -1.26. The zero-order valence-corrected chi connectivity index (χ0v) is 13.3. The highest BCUT2D eigenvalue weighted by Crippen LogP contribution is 2.30. The monoisotopic (exact) mass is 299 g/mol. The van der Waals surface area contributed by atoms with Crippen LogP contribution in [0.4, 0.5) is 10.5 Å². The van der Waals surface area contributed by atoms with Crippen molar-refractivity contribution in [1.82, 2.24) is 0 Å². The highest BCUT2D eigenvalue weighted by atomic mass is 35.5. The van der Waals surface area contributed by atoms with Gasteiger partial charge in [0.15, 0.2) is 0 Å². The first-order valence-corrected chi connectivity index (χ1v) is 6.84. The predicted molar refractivity (Wildman–Crippen MR) is 81.4 cm³/mol. The number of halogens is 1. The first-order valence-electron chi connectivity index (χ1n) is 6.46. The third-order valence-electron chi connectivity index (χ3n) is 2.78. The van der Waals surface area contributed by atoms with Crippen LogP contribution in [0.25, 0.3) is 0 Å². The number of amides is 1. The molecule has 0 saturated carbocycles. The minimum absolute atomic E-state index is 0.000506. The summed E-state index contributed by atoms with van der Waals surface area (Å²) in [4.78, 5) is 11.8. The molecule has 0 aliphatic carbocycles. The molecule has 0 radical (unpaired) electrons. The maximum absolute atomic E-state index is 11.8. The third-order valence-corrected chi connectivity index (χ3v) is 3.11.